The van der Waals surface area contributed by atoms with Crippen molar-refractivity contribution in [3.63, 3.8) is 0 Å². The fourth-order valence-electron chi connectivity index (χ4n) is 2.17. The number of hydroxylamine groups is 2. The molecule has 1 amide bonds. The average Bonchev–Trinajstić information content (AvgIpc) is 2.87. The van der Waals surface area contributed by atoms with Crippen molar-refractivity contribution in [2.45, 2.75) is 32.0 Å². The second kappa shape index (κ2) is 6.97. The molecule has 0 radical (unpaired) electrons. The van der Waals surface area contributed by atoms with Crippen molar-refractivity contribution in [1.29, 1.82) is 0 Å². The van der Waals surface area contributed by atoms with Crippen LogP contribution in [-0.2, 0) is 25.6 Å². The van der Waals surface area contributed by atoms with Gasteiger partial charge in [0.05, 0.1) is 0 Å². The summed E-state index contributed by atoms with van der Waals surface area (Å²) >= 11 is 1.49. The van der Waals surface area contributed by atoms with Gasteiger partial charge < -0.3 is 5.02 Å². The zero-order valence-electron chi connectivity index (χ0n) is 11.7. The second-order valence-electron chi connectivity index (χ2n) is 5.09. The van der Waals surface area contributed by atoms with E-state index in [9.17, 15) is 19.4 Å². The first-order chi connectivity index (χ1) is 9.95. The molecule has 1 atom stereocenters. The molecule has 1 N–H and O–H groups in total. The van der Waals surface area contributed by atoms with Crippen LogP contribution in [0.1, 0.15) is 24.6 Å². The van der Waals surface area contributed by atoms with Gasteiger partial charge in [0.25, 0.3) is 0 Å². The lowest BCUT2D eigenvalue weighted by Gasteiger charge is -2.31. The molecule has 1 aromatic rings. The number of thiophene rings is 1. The highest BCUT2D eigenvalue weighted by atomic mass is 32.1. The van der Waals surface area contributed by atoms with E-state index in [0.717, 1.165) is 9.94 Å². The van der Waals surface area contributed by atoms with Gasteiger partial charge in [0.15, 0.2) is 5.78 Å². The minimum atomic E-state index is -1.24. The van der Waals surface area contributed by atoms with Crippen molar-refractivity contribution >= 4 is 35.9 Å². The summed E-state index contributed by atoms with van der Waals surface area (Å²) in [6, 6.07) is 3.74. The summed E-state index contributed by atoms with van der Waals surface area (Å²) in [4.78, 5) is 35.7. The number of rotatable bonds is 6. The number of carbonyl (C=O) groups is 3. The SMILES string of the molecule is CC(=O)CN1OB(O)[C@@H](CC(=O)Cc2cccs2)CC1=O. The first-order valence-electron chi connectivity index (χ1n) is 6.64. The van der Waals surface area contributed by atoms with Crippen LogP contribution < -0.4 is 0 Å². The summed E-state index contributed by atoms with van der Waals surface area (Å²) in [6.07, 6.45) is 0.385. The summed E-state index contributed by atoms with van der Waals surface area (Å²) < 4.78 is 5.03. The Hall–Kier alpha value is -1.51. The number of carbonyl (C=O) groups excluding carboxylic acids is 3. The van der Waals surface area contributed by atoms with Crippen LogP contribution in [-0.4, -0.2) is 41.2 Å². The van der Waals surface area contributed by atoms with Crippen LogP contribution in [0.3, 0.4) is 0 Å². The monoisotopic (exact) mass is 309 g/mol. The molecule has 8 heteroatoms. The lowest BCUT2D eigenvalue weighted by molar-refractivity contribution is -0.169. The lowest BCUT2D eigenvalue weighted by atomic mass is 9.66. The zero-order valence-corrected chi connectivity index (χ0v) is 12.5. The minimum Gasteiger partial charge on any atom is -0.426 e. The highest BCUT2D eigenvalue weighted by Gasteiger charge is 2.40. The predicted octanol–water partition coefficient (Wildman–Crippen LogP) is 0.853. The average molecular weight is 309 g/mol. The van der Waals surface area contributed by atoms with Gasteiger partial charge in [-0.15, -0.1) is 11.3 Å². The van der Waals surface area contributed by atoms with E-state index in [1.807, 2.05) is 17.5 Å². The van der Waals surface area contributed by atoms with E-state index < -0.39 is 12.9 Å². The van der Waals surface area contributed by atoms with Gasteiger partial charge >= 0.3 is 7.12 Å². The van der Waals surface area contributed by atoms with E-state index in [0.29, 0.717) is 6.42 Å². The van der Waals surface area contributed by atoms with Crippen LogP contribution in [0.25, 0.3) is 0 Å². The molecule has 0 aromatic carbocycles. The predicted molar refractivity (Wildman–Crippen MR) is 77.5 cm³/mol. The molecule has 21 heavy (non-hydrogen) atoms. The van der Waals surface area contributed by atoms with Gasteiger partial charge in [-0.1, -0.05) is 6.07 Å². The van der Waals surface area contributed by atoms with Gasteiger partial charge in [0.1, 0.15) is 12.3 Å². The zero-order chi connectivity index (χ0) is 15.4. The first-order valence-corrected chi connectivity index (χ1v) is 7.52. The summed E-state index contributed by atoms with van der Waals surface area (Å²) in [7, 11) is -1.24. The maximum absolute atomic E-state index is 12.0. The molecule has 0 unspecified atom stereocenters. The number of hydrogen-bond acceptors (Lipinski definition) is 6. The fourth-order valence-corrected chi connectivity index (χ4v) is 2.91. The van der Waals surface area contributed by atoms with Crippen LogP contribution >= 0.6 is 11.3 Å². The van der Waals surface area contributed by atoms with Crippen molar-refractivity contribution in [1.82, 2.24) is 5.06 Å². The molecule has 0 saturated carbocycles. The molecule has 0 bridgehead atoms. The Morgan fingerprint density at radius 2 is 2.33 bits per heavy atom. The Bertz CT molecular complexity index is 533. The Labute approximate surface area is 126 Å². The van der Waals surface area contributed by atoms with E-state index >= 15 is 0 Å². The van der Waals surface area contributed by atoms with Gasteiger partial charge in [-0.3, -0.25) is 19.1 Å². The molecule has 1 saturated heterocycles. The van der Waals surface area contributed by atoms with Crippen LogP contribution in [0.5, 0.6) is 0 Å². The van der Waals surface area contributed by atoms with Gasteiger partial charge in [-0.25, -0.2) is 5.06 Å². The van der Waals surface area contributed by atoms with Crippen molar-refractivity contribution in [2.24, 2.45) is 0 Å². The minimum absolute atomic E-state index is 0.00459. The Morgan fingerprint density at radius 3 is 2.95 bits per heavy atom. The highest BCUT2D eigenvalue weighted by Crippen LogP contribution is 2.27. The van der Waals surface area contributed by atoms with E-state index in [-0.39, 0.29) is 36.9 Å². The third kappa shape index (κ3) is 4.49. The summed E-state index contributed by atoms with van der Waals surface area (Å²) in [6.45, 7) is 1.14. The molecule has 2 heterocycles. The lowest BCUT2D eigenvalue weighted by Crippen LogP contribution is -2.48. The maximum Gasteiger partial charge on any atom is 0.483 e. The normalized spacial score (nSPS) is 19.0. The van der Waals surface area contributed by atoms with E-state index in [2.05, 4.69) is 0 Å². The van der Waals surface area contributed by atoms with Crippen molar-refractivity contribution in [3.05, 3.63) is 22.4 Å². The molecule has 0 aliphatic carbocycles. The molecule has 1 aliphatic rings. The molecule has 1 aromatic heterocycles. The van der Waals surface area contributed by atoms with Crippen molar-refractivity contribution in [2.75, 3.05) is 6.54 Å². The number of amides is 1. The quantitative estimate of drug-likeness (QED) is 0.788. The molecule has 1 fully saturated rings. The van der Waals surface area contributed by atoms with Crippen LogP contribution in [0.4, 0.5) is 0 Å². The smallest absolute Gasteiger partial charge is 0.426 e. The standard InChI is InChI=1S/C13H16BNO5S/c1-9(16)8-15-13(18)6-10(14(19)20-15)5-11(17)7-12-3-2-4-21-12/h2-4,10,19H,5-8H2,1H3/t10-/m0/s1. The van der Waals surface area contributed by atoms with Gasteiger partial charge in [0, 0.05) is 30.0 Å². The Balaban J connectivity index is 1.88. The highest BCUT2D eigenvalue weighted by molar-refractivity contribution is 7.10. The number of Topliss-reactive ketones (excluding diaryl/α,β-unsaturated/α-hetero) is 2. The number of ketones is 2. The summed E-state index contributed by atoms with van der Waals surface area (Å²) in [5.74, 6) is -1.22. The molecular formula is C13H16BNO5S. The summed E-state index contributed by atoms with van der Waals surface area (Å²) in [5, 5.41) is 12.6. The largest absolute Gasteiger partial charge is 0.483 e. The Kier molecular flexibility index (Phi) is 5.27. The van der Waals surface area contributed by atoms with E-state index in [4.69, 9.17) is 4.76 Å². The first kappa shape index (κ1) is 15.9. The molecular weight excluding hydrogens is 293 g/mol. The third-order valence-corrected chi connectivity index (χ3v) is 4.04. The van der Waals surface area contributed by atoms with Crippen LogP contribution in [0.15, 0.2) is 17.5 Å². The molecule has 0 spiro atoms. The van der Waals surface area contributed by atoms with E-state index in [1.165, 1.54) is 18.3 Å². The molecule has 2 rings (SSSR count). The van der Waals surface area contributed by atoms with Crippen molar-refractivity contribution in [3.8, 4) is 0 Å². The van der Waals surface area contributed by atoms with Crippen LogP contribution in [0.2, 0.25) is 5.82 Å². The van der Waals surface area contributed by atoms with Gasteiger partial charge in [0.2, 0.25) is 5.91 Å². The second-order valence-corrected chi connectivity index (χ2v) is 6.12. The van der Waals surface area contributed by atoms with Crippen molar-refractivity contribution < 1.29 is 24.2 Å². The molecule has 112 valence electrons. The maximum atomic E-state index is 12.0. The van der Waals surface area contributed by atoms with E-state index in [1.54, 1.807) is 0 Å². The van der Waals surface area contributed by atoms with Gasteiger partial charge in [-0.05, 0) is 18.4 Å². The number of nitrogens with zero attached hydrogens (tertiary/aromatic N) is 1. The molecule has 6 nitrogen and oxygen atoms in total. The van der Waals surface area contributed by atoms with Crippen LogP contribution in [0, 0.1) is 0 Å². The Morgan fingerprint density at radius 1 is 1.57 bits per heavy atom. The third-order valence-electron chi connectivity index (χ3n) is 3.16. The summed E-state index contributed by atoms with van der Waals surface area (Å²) in [5.41, 5.74) is 0. The number of hydrogen-bond donors (Lipinski definition) is 1. The van der Waals surface area contributed by atoms with Gasteiger partial charge in [-0.2, -0.15) is 0 Å². The molecule has 1 aliphatic heterocycles. The fraction of sp³-hybridized carbons (Fsp3) is 0.462. The topological polar surface area (TPSA) is 83.9 Å².